The molecule has 0 bridgehead atoms. The maximum absolute atomic E-state index is 9.24. The first-order chi connectivity index (χ1) is 10.3. The van der Waals surface area contributed by atoms with Gasteiger partial charge in [-0.05, 0) is 12.8 Å². The van der Waals surface area contributed by atoms with Crippen LogP contribution in [0, 0.1) is 0 Å². The SMILES string of the molecule is CCCCCCCCCCCCCCCCCC(O)OC. The van der Waals surface area contributed by atoms with E-state index in [9.17, 15) is 5.11 Å². The number of hydrogen-bond acceptors (Lipinski definition) is 2. The minimum atomic E-state index is -0.549. The van der Waals surface area contributed by atoms with Crippen molar-refractivity contribution in [2.45, 2.75) is 116 Å². The lowest BCUT2D eigenvalue weighted by molar-refractivity contribution is -0.0793. The second-order valence-corrected chi connectivity index (χ2v) is 6.43. The van der Waals surface area contributed by atoms with Crippen molar-refractivity contribution in [3.63, 3.8) is 0 Å². The number of ether oxygens (including phenoxy) is 1. The van der Waals surface area contributed by atoms with Crippen molar-refractivity contribution < 1.29 is 9.84 Å². The third-order valence-electron chi connectivity index (χ3n) is 4.33. The summed E-state index contributed by atoms with van der Waals surface area (Å²) in [6.45, 7) is 2.28. The molecule has 0 aromatic heterocycles. The number of hydrogen-bond donors (Lipinski definition) is 1. The number of aliphatic hydroxyl groups is 1. The van der Waals surface area contributed by atoms with E-state index in [4.69, 9.17) is 4.74 Å². The third kappa shape index (κ3) is 17.9. The summed E-state index contributed by atoms with van der Waals surface area (Å²) in [7, 11) is 1.57. The third-order valence-corrected chi connectivity index (χ3v) is 4.33. The van der Waals surface area contributed by atoms with Crippen molar-refractivity contribution in [2.75, 3.05) is 7.11 Å². The average Bonchev–Trinajstić information content (AvgIpc) is 2.50. The number of rotatable bonds is 17. The smallest absolute Gasteiger partial charge is 0.154 e. The van der Waals surface area contributed by atoms with Gasteiger partial charge in [-0.3, -0.25) is 0 Å². The van der Waals surface area contributed by atoms with Gasteiger partial charge in [0.1, 0.15) is 0 Å². The van der Waals surface area contributed by atoms with Crippen LogP contribution in [0.4, 0.5) is 0 Å². The van der Waals surface area contributed by atoms with Crippen molar-refractivity contribution in [3.05, 3.63) is 0 Å². The van der Waals surface area contributed by atoms with Crippen LogP contribution in [-0.2, 0) is 4.74 Å². The molecule has 2 heteroatoms. The minimum absolute atomic E-state index is 0.549. The summed E-state index contributed by atoms with van der Waals surface area (Å²) in [6, 6.07) is 0. The quantitative estimate of drug-likeness (QED) is 0.255. The molecule has 0 heterocycles. The molecule has 1 N–H and O–H groups in total. The molecule has 21 heavy (non-hydrogen) atoms. The van der Waals surface area contributed by atoms with Crippen LogP contribution in [0.3, 0.4) is 0 Å². The number of aliphatic hydroxyl groups excluding tert-OH is 1. The van der Waals surface area contributed by atoms with E-state index in [2.05, 4.69) is 6.92 Å². The number of methoxy groups -OCH3 is 1. The summed E-state index contributed by atoms with van der Waals surface area (Å²) in [5, 5.41) is 9.24. The zero-order chi connectivity index (χ0) is 15.6. The first-order valence-electron chi connectivity index (χ1n) is 9.52. The highest BCUT2D eigenvalue weighted by Crippen LogP contribution is 2.14. The fourth-order valence-electron chi connectivity index (χ4n) is 2.81. The van der Waals surface area contributed by atoms with Gasteiger partial charge in [0.05, 0.1) is 0 Å². The van der Waals surface area contributed by atoms with Gasteiger partial charge in [-0.1, -0.05) is 96.8 Å². The summed E-state index contributed by atoms with van der Waals surface area (Å²) in [4.78, 5) is 0. The Morgan fingerprint density at radius 1 is 0.619 bits per heavy atom. The fraction of sp³-hybridized carbons (Fsp3) is 1.00. The van der Waals surface area contributed by atoms with E-state index >= 15 is 0 Å². The standard InChI is InChI=1S/C19H40O2/c1-3-4-5-6-7-8-9-10-11-12-13-14-15-16-17-18-19(20)21-2/h19-20H,3-18H2,1-2H3. The predicted molar refractivity (Wildman–Crippen MR) is 92.6 cm³/mol. The Hall–Kier alpha value is -0.0800. The summed E-state index contributed by atoms with van der Waals surface area (Å²) >= 11 is 0. The molecule has 0 amide bonds. The molecule has 1 unspecified atom stereocenters. The second kappa shape index (κ2) is 18.0. The van der Waals surface area contributed by atoms with Gasteiger partial charge in [0.15, 0.2) is 6.29 Å². The molecular formula is C19H40O2. The lowest BCUT2D eigenvalue weighted by Crippen LogP contribution is -2.07. The fourth-order valence-corrected chi connectivity index (χ4v) is 2.81. The lowest BCUT2D eigenvalue weighted by Gasteiger charge is -2.07. The molecule has 0 aliphatic heterocycles. The van der Waals surface area contributed by atoms with Gasteiger partial charge in [0.2, 0.25) is 0 Å². The molecule has 0 saturated carbocycles. The molecule has 0 fully saturated rings. The maximum atomic E-state index is 9.24. The first-order valence-corrected chi connectivity index (χ1v) is 9.52. The van der Waals surface area contributed by atoms with Gasteiger partial charge in [-0.15, -0.1) is 0 Å². The molecule has 0 radical (unpaired) electrons. The van der Waals surface area contributed by atoms with Crippen molar-refractivity contribution in [2.24, 2.45) is 0 Å². The van der Waals surface area contributed by atoms with Crippen LogP contribution in [0.2, 0.25) is 0 Å². The van der Waals surface area contributed by atoms with Crippen LogP contribution in [0.15, 0.2) is 0 Å². The molecule has 1 atom stereocenters. The average molecular weight is 301 g/mol. The van der Waals surface area contributed by atoms with Crippen LogP contribution in [0.1, 0.15) is 110 Å². The van der Waals surface area contributed by atoms with E-state index in [0.717, 1.165) is 12.8 Å². The summed E-state index contributed by atoms with van der Waals surface area (Å²) < 4.78 is 4.82. The van der Waals surface area contributed by atoms with E-state index in [0.29, 0.717) is 0 Å². The van der Waals surface area contributed by atoms with E-state index < -0.39 is 6.29 Å². The molecule has 2 nitrogen and oxygen atoms in total. The Labute approximate surface area is 133 Å². The van der Waals surface area contributed by atoms with Crippen LogP contribution < -0.4 is 0 Å². The highest BCUT2D eigenvalue weighted by Gasteiger charge is 2.00. The Kier molecular flexibility index (Phi) is 17.9. The monoisotopic (exact) mass is 300 g/mol. The highest BCUT2D eigenvalue weighted by molar-refractivity contribution is 4.50. The Bertz CT molecular complexity index is 182. The van der Waals surface area contributed by atoms with Gasteiger partial charge in [0.25, 0.3) is 0 Å². The van der Waals surface area contributed by atoms with Gasteiger partial charge in [-0.25, -0.2) is 0 Å². The Morgan fingerprint density at radius 2 is 0.952 bits per heavy atom. The summed E-state index contributed by atoms with van der Waals surface area (Å²) in [5.41, 5.74) is 0. The van der Waals surface area contributed by atoms with E-state index in [1.165, 1.54) is 89.9 Å². The van der Waals surface area contributed by atoms with Crippen LogP contribution in [0.25, 0.3) is 0 Å². The van der Waals surface area contributed by atoms with Crippen LogP contribution >= 0.6 is 0 Å². The van der Waals surface area contributed by atoms with Gasteiger partial charge in [-0.2, -0.15) is 0 Å². The van der Waals surface area contributed by atoms with E-state index in [1.807, 2.05) is 0 Å². The molecule has 0 aromatic rings. The minimum Gasteiger partial charge on any atom is -0.368 e. The summed E-state index contributed by atoms with van der Waals surface area (Å²) in [5.74, 6) is 0. The zero-order valence-corrected chi connectivity index (χ0v) is 14.7. The van der Waals surface area contributed by atoms with Gasteiger partial charge >= 0.3 is 0 Å². The lowest BCUT2D eigenvalue weighted by atomic mass is 10.0. The number of unbranched alkanes of at least 4 members (excludes halogenated alkanes) is 14. The van der Waals surface area contributed by atoms with Crippen molar-refractivity contribution >= 4 is 0 Å². The maximum Gasteiger partial charge on any atom is 0.154 e. The molecule has 0 rings (SSSR count). The highest BCUT2D eigenvalue weighted by atomic mass is 16.6. The Morgan fingerprint density at radius 3 is 1.29 bits per heavy atom. The zero-order valence-electron chi connectivity index (χ0n) is 14.7. The molecular weight excluding hydrogens is 260 g/mol. The Balaban J connectivity index is 2.96. The predicted octanol–water partition coefficient (Wildman–Crippen LogP) is 6.21. The first kappa shape index (κ1) is 20.9. The topological polar surface area (TPSA) is 29.5 Å². The van der Waals surface area contributed by atoms with Crippen molar-refractivity contribution in [1.82, 2.24) is 0 Å². The molecule has 0 aliphatic rings. The molecule has 128 valence electrons. The van der Waals surface area contributed by atoms with Crippen LogP contribution in [-0.4, -0.2) is 18.5 Å². The van der Waals surface area contributed by atoms with E-state index in [1.54, 1.807) is 7.11 Å². The second-order valence-electron chi connectivity index (χ2n) is 6.43. The largest absolute Gasteiger partial charge is 0.368 e. The van der Waals surface area contributed by atoms with Crippen molar-refractivity contribution in [3.8, 4) is 0 Å². The molecule has 0 spiro atoms. The van der Waals surface area contributed by atoms with Crippen molar-refractivity contribution in [1.29, 1.82) is 0 Å². The molecule has 0 saturated heterocycles. The summed E-state index contributed by atoms with van der Waals surface area (Å²) in [6.07, 6.45) is 20.9. The van der Waals surface area contributed by atoms with Crippen LogP contribution in [0.5, 0.6) is 0 Å². The normalized spacial score (nSPS) is 12.7. The molecule has 0 aromatic carbocycles. The van der Waals surface area contributed by atoms with E-state index in [-0.39, 0.29) is 0 Å². The van der Waals surface area contributed by atoms with Gasteiger partial charge < -0.3 is 9.84 Å². The van der Waals surface area contributed by atoms with Gasteiger partial charge in [0, 0.05) is 7.11 Å². The molecule has 0 aliphatic carbocycles.